The van der Waals surface area contributed by atoms with Gasteiger partial charge in [-0.2, -0.15) is 16.7 Å². The second-order valence-corrected chi connectivity index (χ2v) is 19.5. The second-order valence-electron chi connectivity index (χ2n) is 17.7. The van der Waals surface area contributed by atoms with Crippen LogP contribution >= 0.6 is 0 Å². The molecule has 0 radical (unpaired) electrons. The van der Waals surface area contributed by atoms with E-state index in [1.807, 2.05) is 6.07 Å². The van der Waals surface area contributed by atoms with Crippen molar-refractivity contribution in [3.05, 3.63) is 129 Å². The Morgan fingerprint density at radius 3 is 2.00 bits per heavy atom. The van der Waals surface area contributed by atoms with Gasteiger partial charge in [-0.05, 0) is 46.0 Å². The van der Waals surface area contributed by atoms with Gasteiger partial charge in [0.2, 0.25) is 0 Å². The van der Waals surface area contributed by atoms with E-state index in [-0.39, 0.29) is 46.5 Å². The van der Waals surface area contributed by atoms with Gasteiger partial charge in [-0.25, -0.2) is 17.6 Å². The van der Waals surface area contributed by atoms with E-state index in [0.717, 1.165) is 12.8 Å². The molecule has 0 spiro atoms. The predicted octanol–water partition coefficient (Wildman–Crippen LogP) is 6.86. The van der Waals surface area contributed by atoms with Crippen molar-refractivity contribution in [2.24, 2.45) is 33.0 Å². The molecule has 2 aromatic carbocycles. The van der Waals surface area contributed by atoms with Gasteiger partial charge in [0, 0.05) is 0 Å². The maximum atomic E-state index is 3.30. The number of halogens is 2. The van der Waals surface area contributed by atoms with Gasteiger partial charge in [-0.15, -0.1) is 13.3 Å². The first-order chi connectivity index (χ1) is 22.3. The Kier molecular flexibility index (Phi) is 13.1. The molecule has 268 valence electrons. The van der Waals surface area contributed by atoms with Crippen molar-refractivity contribution in [2.75, 3.05) is 0 Å². The molecular weight excluding hydrogens is 727 g/mol. The molecule has 3 heteroatoms. The molecule has 2 aromatic rings. The maximum Gasteiger partial charge on any atom is -1.00 e. The summed E-state index contributed by atoms with van der Waals surface area (Å²) in [6, 6.07) is 19.6. The Balaban J connectivity index is 0.000000265. The van der Waals surface area contributed by atoms with Gasteiger partial charge >= 0.3 is 70.3 Å². The minimum atomic E-state index is 0. The minimum Gasteiger partial charge on any atom is -1.00 e. The van der Waals surface area contributed by atoms with Crippen molar-refractivity contribution < 1.29 is 49.0 Å². The third-order valence-electron chi connectivity index (χ3n) is 13.9. The Morgan fingerprint density at radius 1 is 0.880 bits per heavy atom. The average Bonchev–Trinajstić information content (AvgIpc) is 3.65. The number of rotatable bonds is 1. The van der Waals surface area contributed by atoms with Gasteiger partial charge in [0.1, 0.15) is 0 Å². The Morgan fingerprint density at radius 2 is 1.48 bits per heavy atom. The van der Waals surface area contributed by atoms with E-state index in [1.165, 1.54) is 68.1 Å². The van der Waals surface area contributed by atoms with Crippen LogP contribution in [0.3, 0.4) is 0 Å². The van der Waals surface area contributed by atoms with E-state index in [1.54, 1.807) is 28.2 Å². The smallest absolute Gasteiger partial charge is 1.00 e. The average molecular weight is 787 g/mol. The third kappa shape index (κ3) is 7.04. The summed E-state index contributed by atoms with van der Waals surface area (Å²) in [5, 5.41) is 0. The monoisotopic (exact) mass is 784 g/mol. The van der Waals surface area contributed by atoms with Gasteiger partial charge in [0.05, 0.1) is 0 Å². The van der Waals surface area contributed by atoms with Crippen LogP contribution in [0.4, 0.5) is 0 Å². The molecule has 0 N–H and O–H groups in total. The summed E-state index contributed by atoms with van der Waals surface area (Å²) in [7, 11) is 0. The van der Waals surface area contributed by atoms with Crippen LogP contribution in [0.25, 0.3) is 5.57 Å². The predicted molar refractivity (Wildman–Crippen MR) is 205 cm³/mol. The zero-order chi connectivity index (χ0) is 35.4. The fourth-order valence-electron chi connectivity index (χ4n) is 9.34. The van der Waals surface area contributed by atoms with E-state index in [9.17, 15) is 0 Å². The summed E-state index contributed by atoms with van der Waals surface area (Å²) in [5.74, 6) is 2.24. The topological polar surface area (TPSA) is 0 Å². The van der Waals surface area contributed by atoms with Crippen LogP contribution in [0, 0.1) is 45.0 Å². The molecule has 2 unspecified atom stereocenters. The van der Waals surface area contributed by atoms with Crippen LogP contribution in [0.1, 0.15) is 126 Å². The standard InChI is InChI=1S/C29H37.C10H15.C8H8.2ClH.Zr/c1-18-25-22-17-19-13-9-10-14-20(19)24(22)21-15-11-12-16-23(21)29(25,8)28(6,7)27(4,5)26(18,2)3;1-8-5-6-9(7-8)10(2,3)4;1-2-8-6-4-3-5-7-8;;;/h9-11,13-15,23H,12,16-17H2,1-8H3;7H,6H2,1-4H3;3-7H,1H3;2*1H;/q2*-1;;;;+2/p-2. The van der Waals surface area contributed by atoms with Gasteiger partial charge in [-0.3, -0.25) is 6.08 Å². The van der Waals surface area contributed by atoms with Crippen molar-refractivity contribution in [1.29, 1.82) is 0 Å². The zero-order valence-electron chi connectivity index (χ0n) is 33.1. The molecule has 0 bridgehead atoms. The quantitative estimate of drug-likeness (QED) is 0.278. The fraction of sp³-hybridized carbons (Fsp3) is 0.489. The maximum absolute atomic E-state index is 3.30. The third-order valence-corrected chi connectivity index (χ3v) is 14.6. The van der Waals surface area contributed by atoms with Crippen LogP contribution in [-0.2, 0) is 30.7 Å². The molecule has 0 saturated heterocycles. The molecule has 0 nitrogen and oxygen atoms in total. The molecule has 0 amide bonds. The summed E-state index contributed by atoms with van der Waals surface area (Å²) in [6.07, 6.45) is 15.1. The number of allylic oxidation sites excluding steroid dienone is 10. The van der Waals surface area contributed by atoms with Crippen molar-refractivity contribution in [1.82, 2.24) is 0 Å². The first-order valence-corrected chi connectivity index (χ1v) is 19.5. The molecule has 2 atom stereocenters. The van der Waals surface area contributed by atoms with E-state index >= 15 is 0 Å². The summed E-state index contributed by atoms with van der Waals surface area (Å²) in [5.41, 5.74) is 14.8. The van der Waals surface area contributed by atoms with Crippen molar-refractivity contribution >= 4 is 8.78 Å². The Bertz CT molecular complexity index is 1730. The van der Waals surface area contributed by atoms with Crippen LogP contribution in [-0.4, -0.2) is 3.21 Å². The normalized spacial score (nSPS) is 24.7. The number of fused-ring (bicyclic) bond motifs is 6. The largest absolute Gasteiger partial charge is 1.00 e. The first kappa shape index (κ1) is 42.8. The zero-order valence-corrected chi connectivity index (χ0v) is 37.1. The van der Waals surface area contributed by atoms with Gasteiger partial charge < -0.3 is 24.8 Å². The van der Waals surface area contributed by atoms with Crippen LogP contribution < -0.4 is 24.8 Å². The van der Waals surface area contributed by atoms with Gasteiger partial charge in [-0.1, -0.05) is 141 Å². The molecule has 5 aliphatic carbocycles. The SMILES string of the molecule is CC1=[C-]CC(C(C)(C)C)=C1.C[C-]1C2=C3Cc4ccccc4C3=C3C=CCCC3C2(C)C(C)(C)C(C)(C)C1(C)C.C[C](=[Zr+2])c1ccccc1.[Cl-].[Cl-]. The second kappa shape index (κ2) is 15.4. The van der Waals surface area contributed by atoms with Gasteiger partial charge in [0.25, 0.3) is 0 Å². The molecule has 7 rings (SSSR count). The summed E-state index contributed by atoms with van der Waals surface area (Å²) >= 11 is 1.51. The van der Waals surface area contributed by atoms with E-state index in [0.29, 0.717) is 11.3 Å². The van der Waals surface area contributed by atoms with E-state index in [4.69, 9.17) is 0 Å². The molecular formula is C47H60Cl2Zr-2. The molecule has 0 heterocycles. The van der Waals surface area contributed by atoms with Crippen LogP contribution in [0.2, 0.25) is 0 Å². The summed E-state index contributed by atoms with van der Waals surface area (Å²) < 4.78 is 1.46. The Hall–Kier alpha value is -1.66. The first-order valence-electron chi connectivity index (χ1n) is 18.2. The van der Waals surface area contributed by atoms with Crippen molar-refractivity contribution in [3.63, 3.8) is 0 Å². The Labute approximate surface area is 333 Å². The summed E-state index contributed by atoms with van der Waals surface area (Å²) in [4.78, 5) is 0. The van der Waals surface area contributed by atoms with Gasteiger partial charge in [0.15, 0.2) is 0 Å². The molecule has 0 aromatic heterocycles. The fourth-order valence-corrected chi connectivity index (χ4v) is 9.75. The van der Waals surface area contributed by atoms with Crippen molar-refractivity contribution in [3.8, 4) is 0 Å². The van der Waals surface area contributed by atoms with Crippen LogP contribution in [0.15, 0.2) is 101 Å². The number of hydrogen-bond acceptors (Lipinski definition) is 0. The number of benzene rings is 2. The minimum absolute atomic E-state index is 0. The molecule has 1 saturated carbocycles. The summed E-state index contributed by atoms with van der Waals surface area (Å²) in [6.45, 7) is 31.3. The number of hydrogen-bond donors (Lipinski definition) is 0. The molecule has 50 heavy (non-hydrogen) atoms. The van der Waals surface area contributed by atoms with Crippen LogP contribution in [0.5, 0.6) is 0 Å². The molecule has 0 aliphatic heterocycles. The molecule has 5 aliphatic rings. The molecule has 1 fully saturated rings. The van der Waals surface area contributed by atoms with E-state index in [2.05, 4.69) is 163 Å². The van der Waals surface area contributed by atoms with Crippen molar-refractivity contribution in [2.45, 2.75) is 116 Å². The van der Waals surface area contributed by atoms with E-state index < -0.39 is 0 Å².